The second-order valence-electron chi connectivity index (χ2n) is 5.41. The van der Waals surface area contributed by atoms with Gasteiger partial charge < -0.3 is 20.1 Å². The highest BCUT2D eigenvalue weighted by molar-refractivity contribution is 6.07. The van der Waals surface area contributed by atoms with Crippen LogP contribution in [0, 0.1) is 0 Å². The third-order valence-electron chi connectivity index (χ3n) is 3.72. The Kier molecular flexibility index (Phi) is 5.34. The summed E-state index contributed by atoms with van der Waals surface area (Å²) in [6, 6.07) is 18.5. The number of hydrogen-bond donors (Lipinski definition) is 2. The Morgan fingerprint density at radius 3 is 2.12 bits per heavy atom. The van der Waals surface area contributed by atoms with E-state index in [2.05, 4.69) is 15.6 Å². The number of hydrogen-bond acceptors (Lipinski definition) is 5. The average Bonchev–Trinajstić information content (AvgIpc) is 2.69. The molecule has 0 aliphatic heterocycles. The Labute approximate surface area is 151 Å². The molecule has 0 aliphatic rings. The lowest BCUT2D eigenvalue weighted by molar-refractivity contribution is 0.102. The molecule has 6 nitrogen and oxygen atoms in total. The molecule has 3 aromatic rings. The molecule has 3 rings (SSSR count). The van der Waals surface area contributed by atoms with Crippen molar-refractivity contribution in [3.05, 3.63) is 72.4 Å². The van der Waals surface area contributed by atoms with Gasteiger partial charge in [0.25, 0.3) is 5.91 Å². The molecular weight excluding hydrogens is 330 g/mol. The van der Waals surface area contributed by atoms with Gasteiger partial charge in [0.1, 0.15) is 22.9 Å². The topological polar surface area (TPSA) is 72.5 Å². The van der Waals surface area contributed by atoms with Crippen LogP contribution in [0.4, 0.5) is 17.2 Å². The van der Waals surface area contributed by atoms with Crippen LogP contribution in [0.3, 0.4) is 0 Å². The Morgan fingerprint density at radius 1 is 0.846 bits per heavy atom. The zero-order chi connectivity index (χ0) is 18.4. The van der Waals surface area contributed by atoms with Gasteiger partial charge in [-0.15, -0.1) is 0 Å². The lowest BCUT2D eigenvalue weighted by Gasteiger charge is -2.13. The monoisotopic (exact) mass is 349 g/mol. The number of ether oxygens (including phenoxy) is 2. The summed E-state index contributed by atoms with van der Waals surface area (Å²) in [5.74, 6) is 0.950. The number of amides is 1. The van der Waals surface area contributed by atoms with Gasteiger partial charge in [0.05, 0.1) is 26.1 Å². The fourth-order valence-corrected chi connectivity index (χ4v) is 2.48. The second-order valence-corrected chi connectivity index (χ2v) is 5.41. The number of aromatic nitrogens is 1. The van der Waals surface area contributed by atoms with Crippen molar-refractivity contribution in [2.24, 2.45) is 0 Å². The molecule has 0 unspecified atom stereocenters. The summed E-state index contributed by atoms with van der Waals surface area (Å²) in [5.41, 5.74) is 2.11. The first-order chi connectivity index (χ1) is 12.7. The maximum Gasteiger partial charge on any atom is 0.264 e. The van der Waals surface area contributed by atoms with E-state index in [9.17, 15) is 4.79 Å². The standard InChI is InChI=1S/C20H19N3O3/c1-25-16-9-6-10-17(26-2)19(16)20(24)23-18-12-11-15(13-21-18)22-14-7-4-3-5-8-14/h3-13,22H,1-2H3,(H,21,23,24). The minimum Gasteiger partial charge on any atom is -0.496 e. The number of carbonyl (C=O) groups is 1. The van der Waals surface area contributed by atoms with Crippen molar-refractivity contribution >= 4 is 23.1 Å². The third-order valence-corrected chi connectivity index (χ3v) is 3.72. The second kappa shape index (κ2) is 8.02. The maximum absolute atomic E-state index is 12.6. The number of anilines is 3. The van der Waals surface area contributed by atoms with Gasteiger partial charge in [-0.25, -0.2) is 4.98 Å². The molecule has 132 valence electrons. The van der Waals surface area contributed by atoms with Crippen LogP contribution in [0.2, 0.25) is 0 Å². The lowest BCUT2D eigenvalue weighted by Crippen LogP contribution is -2.15. The Hall–Kier alpha value is -3.54. The van der Waals surface area contributed by atoms with Crippen molar-refractivity contribution in [1.29, 1.82) is 0 Å². The molecule has 0 fully saturated rings. The van der Waals surface area contributed by atoms with E-state index in [1.807, 2.05) is 36.4 Å². The Bertz CT molecular complexity index is 858. The summed E-state index contributed by atoms with van der Waals surface area (Å²) in [4.78, 5) is 16.9. The van der Waals surface area contributed by atoms with Crippen molar-refractivity contribution in [2.45, 2.75) is 0 Å². The molecule has 0 saturated carbocycles. The van der Waals surface area contributed by atoms with Crippen LogP contribution in [0.5, 0.6) is 11.5 Å². The summed E-state index contributed by atoms with van der Waals surface area (Å²) in [7, 11) is 3.02. The summed E-state index contributed by atoms with van der Waals surface area (Å²) in [5, 5.41) is 6.00. The van der Waals surface area contributed by atoms with Gasteiger partial charge in [-0.05, 0) is 36.4 Å². The Balaban J connectivity index is 1.74. The smallest absolute Gasteiger partial charge is 0.264 e. The molecule has 1 aromatic heterocycles. The number of para-hydroxylation sites is 1. The molecule has 6 heteroatoms. The van der Waals surface area contributed by atoms with Crippen LogP contribution in [0.25, 0.3) is 0 Å². The normalized spacial score (nSPS) is 10.1. The van der Waals surface area contributed by atoms with Crippen LogP contribution < -0.4 is 20.1 Å². The first kappa shape index (κ1) is 17.3. The molecule has 0 atom stereocenters. The minimum atomic E-state index is -0.351. The fraction of sp³-hybridized carbons (Fsp3) is 0.100. The number of carbonyl (C=O) groups excluding carboxylic acids is 1. The summed E-state index contributed by atoms with van der Waals surface area (Å²) in [6.45, 7) is 0. The van der Waals surface area contributed by atoms with Crippen LogP contribution in [-0.4, -0.2) is 25.1 Å². The van der Waals surface area contributed by atoms with Crippen molar-refractivity contribution in [3.63, 3.8) is 0 Å². The molecule has 1 amide bonds. The van der Waals surface area contributed by atoms with Gasteiger partial charge >= 0.3 is 0 Å². The largest absolute Gasteiger partial charge is 0.496 e. The van der Waals surface area contributed by atoms with E-state index in [0.717, 1.165) is 11.4 Å². The molecule has 2 N–H and O–H groups in total. The van der Waals surface area contributed by atoms with Crippen LogP contribution in [0.1, 0.15) is 10.4 Å². The first-order valence-electron chi connectivity index (χ1n) is 8.01. The third kappa shape index (κ3) is 3.92. The van der Waals surface area contributed by atoms with Gasteiger partial charge in [-0.2, -0.15) is 0 Å². The van der Waals surface area contributed by atoms with Crippen molar-refractivity contribution in [3.8, 4) is 11.5 Å². The average molecular weight is 349 g/mol. The molecule has 0 aliphatic carbocycles. The van der Waals surface area contributed by atoms with Gasteiger partial charge in [-0.3, -0.25) is 4.79 Å². The van der Waals surface area contributed by atoms with E-state index < -0.39 is 0 Å². The molecule has 0 saturated heterocycles. The van der Waals surface area contributed by atoms with E-state index in [1.54, 1.807) is 30.5 Å². The lowest BCUT2D eigenvalue weighted by atomic mass is 10.1. The van der Waals surface area contributed by atoms with E-state index in [1.165, 1.54) is 14.2 Å². The number of rotatable bonds is 6. The minimum absolute atomic E-state index is 0.325. The van der Waals surface area contributed by atoms with Gasteiger partial charge in [0, 0.05) is 5.69 Å². The predicted octanol–water partition coefficient (Wildman–Crippen LogP) is 4.09. The maximum atomic E-state index is 12.6. The molecule has 0 bridgehead atoms. The van der Waals surface area contributed by atoms with E-state index in [0.29, 0.717) is 22.9 Å². The van der Waals surface area contributed by atoms with Gasteiger partial charge in [-0.1, -0.05) is 24.3 Å². The van der Waals surface area contributed by atoms with Gasteiger partial charge in [0.2, 0.25) is 0 Å². The number of pyridine rings is 1. The molecule has 26 heavy (non-hydrogen) atoms. The van der Waals surface area contributed by atoms with Crippen LogP contribution in [0.15, 0.2) is 66.9 Å². The molecule has 0 spiro atoms. The Morgan fingerprint density at radius 2 is 1.54 bits per heavy atom. The van der Waals surface area contributed by atoms with E-state index in [-0.39, 0.29) is 5.91 Å². The van der Waals surface area contributed by atoms with Crippen LogP contribution >= 0.6 is 0 Å². The first-order valence-corrected chi connectivity index (χ1v) is 8.01. The number of methoxy groups -OCH3 is 2. The quantitative estimate of drug-likeness (QED) is 0.701. The summed E-state index contributed by atoms with van der Waals surface area (Å²) >= 11 is 0. The number of benzene rings is 2. The van der Waals surface area contributed by atoms with Crippen LogP contribution in [-0.2, 0) is 0 Å². The molecule has 2 aromatic carbocycles. The van der Waals surface area contributed by atoms with Crippen molar-refractivity contribution < 1.29 is 14.3 Å². The molecule has 1 heterocycles. The highest BCUT2D eigenvalue weighted by Crippen LogP contribution is 2.29. The zero-order valence-corrected chi connectivity index (χ0v) is 14.5. The highest BCUT2D eigenvalue weighted by Gasteiger charge is 2.18. The predicted molar refractivity (Wildman–Crippen MR) is 101 cm³/mol. The summed E-state index contributed by atoms with van der Waals surface area (Å²) < 4.78 is 10.5. The van der Waals surface area contributed by atoms with Crippen molar-refractivity contribution in [2.75, 3.05) is 24.9 Å². The number of nitrogens with zero attached hydrogens (tertiary/aromatic N) is 1. The molecule has 0 radical (unpaired) electrons. The molecular formula is C20H19N3O3. The van der Waals surface area contributed by atoms with Gasteiger partial charge in [0.15, 0.2) is 0 Å². The SMILES string of the molecule is COc1cccc(OC)c1C(=O)Nc1ccc(Nc2ccccc2)cn1. The zero-order valence-electron chi connectivity index (χ0n) is 14.5. The summed E-state index contributed by atoms with van der Waals surface area (Å²) in [6.07, 6.45) is 1.65. The fourth-order valence-electron chi connectivity index (χ4n) is 2.48. The van der Waals surface area contributed by atoms with E-state index >= 15 is 0 Å². The number of nitrogens with one attached hydrogen (secondary N) is 2. The van der Waals surface area contributed by atoms with Crippen molar-refractivity contribution in [1.82, 2.24) is 4.98 Å². The van der Waals surface area contributed by atoms with E-state index in [4.69, 9.17) is 9.47 Å². The highest BCUT2D eigenvalue weighted by atomic mass is 16.5.